The van der Waals surface area contributed by atoms with Gasteiger partial charge in [-0.15, -0.1) is 5.10 Å². The van der Waals surface area contributed by atoms with Gasteiger partial charge >= 0.3 is 0 Å². The SMILES string of the molecule is CCC1CN(C)CCCN1c1nnccc1C(N)=S. The Morgan fingerprint density at radius 1 is 1.53 bits per heavy atom. The molecular formula is C13H21N5S. The number of nitrogens with two attached hydrogens (primary N) is 1. The molecule has 0 bridgehead atoms. The lowest BCUT2D eigenvalue weighted by atomic mass is 10.1. The minimum absolute atomic E-state index is 0.386. The molecule has 5 nitrogen and oxygen atoms in total. The molecule has 19 heavy (non-hydrogen) atoms. The number of likely N-dealkylation sites (N-methyl/N-ethyl adjacent to an activating group) is 1. The summed E-state index contributed by atoms with van der Waals surface area (Å²) < 4.78 is 0. The molecule has 1 fully saturated rings. The van der Waals surface area contributed by atoms with Crippen molar-refractivity contribution in [3.05, 3.63) is 17.8 Å². The first-order chi connectivity index (χ1) is 9.13. The summed E-state index contributed by atoms with van der Waals surface area (Å²) in [5.74, 6) is 0.831. The zero-order chi connectivity index (χ0) is 13.8. The summed E-state index contributed by atoms with van der Waals surface area (Å²) in [5.41, 5.74) is 6.63. The third kappa shape index (κ3) is 3.19. The van der Waals surface area contributed by atoms with E-state index in [9.17, 15) is 0 Å². The molecule has 0 aromatic carbocycles. The standard InChI is InChI=1S/C13H21N5S/c1-3-10-9-17(2)7-4-8-18(10)13-11(12(14)19)5-6-15-16-13/h5-6,10H,3-4,7-9H2,1-2H3,(H2,14,19). The van der Waals surface area contributed by atoms with Crippen molar-refractivity contribution in [1.82, 2.24) is 15.1 Å². The second kappa shape index (κ2) is 6.25. The van der Waals surface area contributed by atoms with E-state index in [1.165, 1.54) is 0 Å². The van der Waals surface area contributed by atoms with Crippen LogP contribution in [-0.4, -0.2) is 52.8 Å². The van der Waals surface area contributed by atoms with Gasteiger partial charge in [0, 0.05) is 19.1 Å². The van der Waals surface area contributed by atoms with E-state index in [1.807, 2.05) is 6.07 Å². The smallest absolute Gasteiger partial charge is 0.161 e. The summed E-state index contributed by atoms with van der Waals surface area (Å²) in [6, 6.07) is 2.28. The molecule has 1 aromatic rings. The third-order valence-electron chi connectivity index (χ3n) is 3.61. The van der Waals surface area contributed by atoms with E-state index >= 15 is 0 Å². The molecule has 0 radical (unpaired) electrons. The molecule has 6 heteroatoms. The monoisotopic (exact) mass is 279 g/mol. The van der Waals surface area contributed by atoms with Crippen LogP contribution in [0.5, 0.6) is 0 Å². The van der Waals surface area contributed by atoms with Crippen LogP contribution >= 0.6 is 12.2 Å². The van der Waals surface area contributed by atoms with Crippen molar-refractivity contribution in [3.8, 4) is 0 Å². The van der Waals surface area contributed by atoms with E-state index in [0.717, 1.165) is 43.9 Å². The summed E-state index contributed by atoms with van der Waals surface area (Å²) >= 11 is 5.12. The van der Waals surface area contributed by atoms with Crippen LogP contribution in [0, 0.1) is 0 Å². The fourth-order valence-electron chi connectivity index (χ4n) is 2.60. The minimum atomic E-state index is 0.386. The average Bonchev–Trinajstić information content (AvgIpc) is 2.60. The lowest BCUT2D eigenvalue weighted by Crippen LogP contribution is -2.41. The Hall–Kier alpha value is -1.27. The van der Waals surface area contributed by atoms with E-state index in [2.05, 4.69) is 34.0 Å². The first-order valence-corrected chi connectivity index (χ1v) is 7.11. The predicted molar refractivity (Wildman–Crippen MR) is 81.5 cm³/mol. The van der Waals surface area contributed by atoms with Crippen LogP contribution in [0.2, 0.25) is 0 Å². The van der Waals surface area contributed by atoms with Crippen molar-refractivity contribution in [3.63, 3.8) is 0 Å². The zero-order valence-corrected chi connectivity index (χ0v) is 12.4. The molecule has 1 atom stereocenters. The number of rotatable bonds is 3. The van der Waals surface area contributed by atoms with Gasteiger partial charge in [-0.25, -0.2) is 0 Å². The van der Waals surface area contributed by atoms with Gasteiger partial charge in [-0.3, -0.25) is 0 Å². The van der Waals surface area contributed by atoms with Crippen LogP contribution < -0.4 is 10.6 Å². The van der Waals surface area contributed by atoms with E-state index in [-0.39, 0.29) is 0 Å². The third-order valence-corrected chi connectivity index (χ3v) is 3.83. The van der Waals surface area contributed by atoms with E-state index in [4.69, 9.17) is 18.0 Å². The van der Waals surface area contributed by atoms with Crippen molar-refractivity contribution >= 4 is 23.0 Å². The lowest BCUT2D eigenvalue weighted by molar-refractivity contribution is 0.327. The molecule has 2 N–H and O–H groups in total. The highest BCUT2D eigenvalue weighted by molar-refractivity contribution is 7.80. The van der Waals surface area contributed by atoms with Crippen LogP contribution in [0.1, 0.15) is 25.3 Å². The van der Waals surface area contributed by atoms with Gasteiger partial charge in [-0.1, -0.05) is 19.1 Å². The first-order valence-electron chi connectivity index (χ1n) is 6.70. The Morgan fingerprint density at radius 2 is 2.32 bits per heavy atom. The second-order valence-electron chi connectivity index (χ2n) is 5.00. The molecule has 1 aliphatic rings. The second-order valence-corrected chi connectivity index (χ2v) is 5.44. The maximum Gasteiger partial charge on any atom is 0.161 e. The van der Waals surface area contributed by atoms with Gasteiger partial charge in [0.15, 0.2) is 5.82 Å². The highest BCUT2D eigenvalue weighted by atomic mass is 32.1. The Labute approximate surface area is 119 Å². The molecule has 1 aliphatic heterocycles. The summed E-state index contributed by atoms with van der Waals surface area (Å²) in [4.78, 5) is 5.06. The van der Waals surface area contributed by atoms with Crippen molar-refractivity contribution in [1.29, 1.82) is 0 Å². The molecule has 2 heterocycles. The van der Waals surface area contributed by atoms with Crippen molar-refractivity contribution in [2.75, 3.05) is 31.6 Å². The Morgan fingerprint density at radius 3 is 3.00 bits per heavy atom. The number of nitrogens with zero attached hydrogens (tertiary/aromatic N) is 4. The highest BCUT2D eigenvalue weighted by Gasteiger charge is 2.25. The fourth-order valence-corrected chi connectivity index (χ4v) is 2.76. The molecule has 0 spiro atoms. The number of thiocarbonyl (C=S) groups is 1. The Kier molecular flexibility index (Phi) is 4.66. The molecule has 0 saturated carbocycles. The molecule has 104 valence electrons. The summed E-state index contributed by atoms with van der Waals surface area (Å²) in [6.07, 6.45) is 3.82. The van der Waals surface area contributed by atoms with Gasteiger partial charge in [-0.2, -0.15) is 5.10 Å². The van der Waals surface area contributed by atoms with Crippen molar-refractivity contribution < 1.29 is 0 Å². The molecular weight excluding hydrogens is 258 g/mol. The molecule has 0 amide bonds. The first kappa shape index (κ1) is 14.1. The quantitative estimate of drug-likeness (QED) is 0.834. The van der Waals surface area contributed by atoms with Gasteiger partial charge in [0.05, 0.1) is 11.8 Å². The van der Waals surface area contributed by atoms with Gasteiger partial charge in [0.1, 0.15) is 4.99 Å². The Balaban J connectivity index is 2.35. The number of hydrogen-bond donors (Lipinski definition) is 1. The van der Waals surface area contributed by atoms with Crippen LogP contribution in [0.25, 0.3) is 0 Å². The minimum Gasteiger partial charge on any atom is -0.389 e. The number of aromatic nitrogens is 2. The molecule has 0 aliphatic carbocycles. The number of hydrogen-bond acceptors (Lipinski definition) is 5. The topological polar surface area (TPSA) is 58.3 Å². The van der Waals surface area contributed by atoms with Crippen LogP contribution in [0.3, 0.4) is 0 Å². The Bertz CT molecular complexity index is 450. The average molecular weight is 279 g/mol. The van der Waals surface area contributed by atoms with Gasteiger partial charge < -0.3 is 15.5 Å². The summed E-state index contributed by atoms with van der Waals surface area (Å²) in [7, 11) is 2.16. The van der Waals surface area contributed by atoms with Crippen LogP contribution in [0.15, 0.2) is 12.3 Å². The van der Waals surface area contributed by atoms with Crippen molar-refractivity contribution in [2.45, 2.75) is 25.8 Å². The van der Waals surface area contributed by atoms with Crippen molar-refractivity contribution in [2.24, 2.45) is 5.73 Å². The van der Waals surface area contributed by atoms with E-state index in [1.54, 1.807) is 6.20 Å². The molecule has 2 rings (SSSR count). The summed E-state index contributed by atoms with van der Waals surface area (Å²) in [5, 5.41) is 8.28. The number of anilines is 1. The lowest BCUT2D eigenvalue weighted by Gasteiger charge is -2.31. The molecule has 1 aromatic heterocycles. The predicted octanol–water partition coefficient (Wildman–Crippen LogP) is 1.03. The van der Waals surface area contributed by atoms with E-state index < -0.39 is 0 Å². The normalized spacial score (nSPS) is 21.2. The van der Waals surface area contributed by atoms with E-state index in [0.29, 0.717) is 11.0 Å². The zero-order valence-electron chi connectivity index (χ0n) is 11.5. The maximum absolute atomic E-state index is 5.80. The van der Waals surface area contributed by atoms with Crippen LogP contribution in [-0.2, 0) is 0 Å². The van der Waals surface area contributed by atoms with Crippen LogP contribution in [0.4, 0.5) is 5.82 Å². The highest BCUT2D eigenvalue weighted by Crippen LogP contribution is 2.22. The van der Waals surface area contributed by atoms with Gasteiger partial charge in [-0.05, 0) is 32.5 Å². The molecule has 1 unspecified atom stereocenters. The van der Waals surface area contributed by atoms with Gasteiger partial charge in [0.2, 0.25) is 0 Å². The molecule has 1 saturated heterocycles. The summed E-state index contributed by atoms with van der Waals surface area (Å²) in [6.45, 7) is 5.31. The fraction of sp³-hybridized carbons (Fsp3) is 0.615. The largest absolute Gasteiger partial charge is 0.389 e. The van der Waals surface area contributed by atoms with Gasteiger partial charge in [0.25, 0.3) is 0 Å². The maximum atomic E-state index is 5.80.